The molecule has 0 radical (unpaired) electrons. The van der Waals surface area contributed by atoms with Crippen LogP contribution in [0.1, 0.15) is 6.42 Å². The van der Waals surface area contributed by atoms with Crippen LogP contribution in [0.4, 0.5) is 0 Å². The van der Waals surface area contributed by atoms with E-state index in [2.05, 4.69) is 17.3 Å². The summed E-state index contributed by atoms with van der Waals surface area (Å²) in [5.74, 6) is 0.968. The number of nitrogens with zero attached hydrogens (tertiary/aromatic N) is 1. The molecular formula is C7H14N2. The predicted molar refractivity (Wildman–Crippen MR) is 37.4 cm³/mol. The molecule has 0 bridgehead atoms. The zero-order chi connectivity index (χ0) is 6.27. The molecule has 52 valence electrons. The highest BCUT2D eigenvalue weighted by molar-refractivity contribution is 4.92. The lowest BCUT2D eigenvalue weighted by atomic mass is 10.1. The smallest absolute Gasteiger partial charge is 0.0235 e. The summed E-state index contributed by atoms with van der Waals surface area (Å²) in [6.07, 6.45) is 1.40. The first kappa shape index (κ1) is 5.69. The monoisotopic (exact) mass is 126 g/mol. The minimum absolute atomic E-state index is 0.829. The highest BCUT2D eigenvalue weighted by atomic mass is 15.2. The van der Waals surface area contributed by atoms with E-state index in [1.807, 2.05) is 0 Å². The van der Waals surface area contributed by atoms with E-state index in [1.165, 1.54) is 26.1 Å². The molecule has 9 heavy (non-hydrogen) atoms. The Labute approximate surface area is 56.2 Å². The van der Waals surface area contributed by atoms with E-state index in [4.69, 9.17) is 0 Å². The fraction of sp³-hybridized carbons (Fsp3) is 1.00. The summed E-state index contributed by atoms with van der Waals surface area (Å²) in [6.45, 7) is 3.84. The summed E-state index contributed by atoms with van der Waals surface area (Å²) in [5, 5.41) is 3.51. The molecule has 2 nitrogen and oxygen atoms in total. The predicted octanol–water partition coefficient (Wildman–Crippen LogP) is -0.0901. The molecule has 0 amide bonds. The largest absolute Gasteiger partial charge is 0.312 e. The van der Waals surface area contributed by atoms with Crippen molar-refractivity contribution in [3.63, 3.8) is 0 Å². The fourth-order valence-electron chi connectivity index (χ4n) is 2.06. The fourth-order valence-corrected chi connectivity index (χ4v) is 2.06. The number of nitrogens with one attached hydrogen (secondary N) is 1. The average molecular weight is 126 g/mol. The third-order valence-corrected chi connectivity index (χ3v) is 2.55. The molecule has 2 heterocycles. The van der Waals surface area contributed by atoms with Gasteiger partial charge in [0.2, 0.25) is 0 Å². The Balaban J connectivity index is 2.02. The Morgan fingerprint density at radius 2 is 2.33 bits per heavy atom. The maximum Gasteiger partial charge on any atom is 0.0235 e. The second kappa shape index (κ2) is 1.96. The number of hydrogen-bond acceptors (Lipinski definition) is 2. The van der Waals surface area contributed by atoms with Gasteiger partial charge in [-0.15, -0.1) is 0 Å². The van der Waals surface area contributed by atoms with Gasteiger partial charge < -0.3 is 10.2 Å². The van der Waals surface area contributed by atoms with Crippen LogP contribution in [0.3, 0.4) is 0 Å². The van der Waals surface area contributed by atoms with E-state index in [-0.39, 0.29) is 0 Å². The molecule has 2 fully saturated rings. The van der Waals surface area contributed by atoms with Crippen molar-refractivity contribution >= 4 is 0 Å². The normalized spacial score (nSPS) is 43.7. The zero-order valence-electron chi connectivity index (χ0n) is 5.93. The van der Waals surface area contributed by atoms with Crippen molar-refractivity contribution in [3.8, 4) is 0 Å². The van der Waals surface area contributed by atoms with Crippen LogP contribution in [0.2, 0.25) is 0 Å². The summed E-state index contributed by atoms with van der Waals surface area (Å²) < 4.78 is 0. The van der Waals surface area contributed by atoms with Crippen LogP contribution in [0.5, 0.6) is 0 Å². The topological polar surface area (TPSA) is 15.3 Å². The summed E-state index contributed by atoms with van der Waals surface area (Å²) in [7, 11) is 2.21. The van der Waals surface area contributed by atoms with E-state index < -0.39 is 0 Å². The second-order valence-corrected chi connectivity index (χ2v) is 3.33. The Hall–Kier alpha value is -0.0800. The molecular weight excluding hydrogens is 112 g/mol. The third-order valence-electron chi connectivity index (χ3n) is 2.55. The molecule has 1 N–H and O–H groups in total. The van der Waals surface area contributed by atoms with Gasteiger partial charge in [0, 0.05) is 19.1 Å². The first-order valence-electron chi connectivity index (χ1n) is 3.78. The first-order valence-corrected chi connectivity index (χ1v) is 3.78. The van der Waals surface area contributed by atoms with Gasteiger partial charge in [-0.05, 0) is 25.9 Å². The summed E-state index contributed by atoms with van der Waals surface area (Å²) in [5.41, 5.74) is 0. The van der Waals surface area contributed by atoms with Gasteiger partial charge in [-0.3, -0.25) is 0 Å². The molecule has 0 spiro atoms. The molecule has 0 aromatic rings. The minimum Gasteiger partial charge on any atom is -0.312 e. The van der Waals surface area contributed by atoms with Gasteiger partial charge in [0.15, 0.2) is 0 Å². The SMILES string of the molecule is CN1C[C@H]2CCN[C@@H]2C1. The maximum atomic E-state index is 3.51. The molecule has 0 unspecified atom stereocenters. The van der Waals surface area contributed by atoms with Gasteiger partial charge in [0.1, 0.15) is 0 Å². The Morgan fingerprint density at radius 1 is 1.44 bits per heavy atom. The van der Waals surface area contributed by atoms with Crippen LogP contribution < -0.4 is 5.32 Å². The lowest BCUT2D eigenvalue weighted by Crippen LogP contribution is -2.28. The molecule has 2 rings (SSSR count). The van der Waals surface area contributed by atoms with Gasteiger partial charge in [0.25, 0.3) is 0 Å². The molecule has 2 atom stereocenters. The third kappa shape index (κ3) is 0.864. The lowest BCUT2D eigenvalue weighted by molar-refractivity contribution is 0.382. The highest BCUT2D eigenvalue weighted by Crippen LogP contribution is 2.22. The van der Waals surface area contributed by atoms with E-state index >= 15 is 0 Å². The van der Waals surface area contributed by atoms with E-state index in [9.17, 15) is 0 Å². The Kier molecular flexibility index (Phi) is 1.24. The van der Waals surface area contributed by atoms with Crippen molar-refractivity contribution in [1.82, 2.24) is 10.2 Å². The Morgan fingerprint density at radius 3 is 3.11 bits per heavy atom. The summed E-state index contributed by atoms with van der Waals surface area (Å²) >= 11 is 0. The van der Waals surface area contributed by atoms with Gasteiger partial charge in [-0.2, -0.15) is 0 Å². The van der Waals surface area contributed by atoms with Gasteiger partial charge in [-0.25, -0.2) is 0 Å². The average Bonchev–Trinajstić information content (AvgIpc) is 2.22. The molecule has 0 saturated carbocycles. The van der Waals surface area contributed by atoms with Gasteiger partial charge >= 0.3 is 0 Å². The van der Waals surface area contributed by atoms with Gasteiger partial charge in [0.05, 0.1) is 0 Å². The van der Waals surface area contributed by atoms with Gasteiger partial charge in [-0.1, -0.05) is 0 Å². The van der Waals surface area contributed by atoms with Crippen molar-refractivity contribution in [1.29, 1.82) is 0 Å². The molecule has 2 aliphatic rings. The van der Waals surface area contributed by atoms with E-state index in [1.54, 1.807) is 0 Å². The molecule has 2 heteroatoms. The number of rotatable bonds is 0. The maximum absolute atomic E-state index is 3.51. The van der Waals surface area contributed by atoms with E-state index in [0.717, 1.165) is 12.0 Å². The minimum atomic E-state index is 0.829. The first-order chi connectivity index (χ1) is 4.36. The lowest BCUT2D eigenvalue weighted by Gasteiger charge is -2.07. The van der Waals surface area contributed by atoms with E-state index in [0.29, 0.717) is 0 Å². The van der Waals surface area contributed by atoms with Crippen LogP contribution in [-0.4, -0.2) is 37.6 Å². The van der Waals surface area contributed by atoms with Crippen LogP contribution in [0, 0.1) is 5.92 Å². The number of fused-ring (bicyclic) bond motifs is 1. The van der Waals surface area contributed by atoms with Crippen molar-refractivity contribution in [2.75, 3.05) is 26.7 Å². The number of likely N-dealkylation sites (tertiary alicyclic amines) is 1. The van der Waals surface area contributed by atoms with Crippen LogP contribution >= 0.6 is 0 Å². The number of likely N-dealkylation sites (N-methyl/N-ethyl adjacent to an activating group) is 1. The number of hydrogen-bond donors (Lipinski definition) is 1. The molecule has 0 aliphatic carbocycles. The van der Waals surface area contributed by atoms with Crippen LogP contribution in [-0.2, 0) is 0 Å². The molecule has 0 aromatic heterocycles. The quantitative estimate of drug-likeness (QED) is 0.488. The van der Waals surface area contributed by atoms with Crippen LogP contribution in [0.25, 0.3) is 0 Å². The molecule has 0 aromatic carbocycles. The summed E-state index contributed by atoms with van der Waals surface area (Å²) in [6, 6.07) is 0.829. The molecule has 2 saturated heterocycles. The van der Waals surface area contributed by atoms with Crippen molar-refractivity contribution in [2.45, 2.75) is 12.5 Å². The standard InChI is InChI=1S/C7H14N2/c1-9-4-6-2-3-8-7(6)5-9/h6-8H,2-5H2,1H3/t6-,7-/m1/s1. The summed E-state index contributed by atoms with van der Waals surface area (Å²) in [4.78, 5) is 2.42. The Bertz CT molecular complexity index is 101. The highest BCUT2D eigenvalue weighted by Gasteiger charge is 2.33. The molecule has 2 aliphatic heterocycles. The second-order valence-electron chi connectivity index (χ2n) is 3.33. The van der Waals surface area contributed by atoms with Crippen molar-refractivity contribution in [2.24, 2.45) is 5.92 Å². The van der Waals surface area contributed by atoms with Crippen molar-refractivity contribution < 1.29 is 0 Å². The van der Waals surface area contributed by atoms with Crippen molar-refractivity contribution in [3.05, 3.63) is 0 Å². The van der Waals surface area contributed by atoms with Crippen LogP contribution in [0.15, 0.2) is 0 Å². The zero-order valence-corrected chi connectivity index (χ0v) is 5.93.